The lowest BCUT2D eigenvalue weighted by Gasteiger charge is -2.09. The molecule has 0 aliphatic heterocycles. The number of hydrogen-bond acceptors (Lipinski definition) is 13. The average molecular weight is 665 g/mol. The van der Waals surface area contributed by atoms with Crippen LogP contribution in [0.15, 0.2) is 30.3 Å². The van der Waals surface area contributed by atoms with Crippen LogP contribution in [0, 0.1) is 0 Å². The summed E-state index contributed by atoms with van der Waals surface area (Å²) in [6, 6.07) is 10.1. The maximum absolute atomic E-state index is 5.57. The maximum Gasteiger partial charge on any atom is 0.0718 e. The zero-order valence-electron chi connectivity index (χ0n) is 28.1. The fourth-order valence-electron chi connectivity index (χ4n) is 3.45. The van der Waals surface area contributed by atoms with Crippen LogP contribution < -0.4 is 0 Å². The van der Waals surface area contributed by atoms with Crippen molar-refractivity contribution in [2.45, 2.75) is 13.5 Å². The summed E-state index contributed by atoms with van der Waals surface area (Å²) in [6.07, 6.45) is 0. The Balaban J connectivity index is 1.61. The van der Waals surface area contributed by atoms with E-state index in [4.69, 9.17) is 61.6 Å². The molecule has 1 aromatic carbocycles. The SMILES string of the molecule is CCOCCOCCOCCOCCOCCOCCOCCOCCOCCOCCOCCOCCOCc1ccccc1. The minimum absolute atomic E-state index is 0.512. The molecule has 0 spiro atoms. The van der Waals surface area contributed by atoms with E-state index in [9.17, 15) is 0 Å². The van der Waals surface area contributed by atoms with Gasteiger partial charge in [-0.2, -0.15) is 0 Å². The van der Waals surface area contributed by atoms with Gasteiger partial charge < -0.3 is 61.6 Å². The van der Waals surface area contributed by atoms with E-state index >= 15 is 0 Å². The van der Waals surface area contributed by atoms with Gasteiger partial charge in [-0.25, -0.2) is 0 Å². The van der Waals surface area contributed by atoms with Gasteiger partial charge >= 0.3 is 0 Å². The monoisotopic (exact) mass is 664 g/mol. The molecule has 1 rings (SSSR count). The molecule has 0 aliphatic carbocycles. The number of hydrogen-bond donors (Lipinski definition) is 0. The molecule has 0 radical (unpaired) electrons. The standard InChI is InChI=1S/C33H60O13/c1-2-34-8-9-35-10-11-36-12-13-37-14-15-38-16-17-39-18-19-40-20-21-41-22-23-42-24-25-43-26-27-44-28-29-45-30-31-46-32-33-6-4-3-5-7-33/h3-7H,2,8-32H2,1H3. The van der Waals surface area contributed by atoms with E-state index in [-0.39, 0.29) is 0 Å². The third-order valence-electron chi connectivity index (χ3n) is 5.78. The maximum atomic E-state index is 5.57. The van der Waals surface area contributed by atoms with Gasteiger partial charge in [0.25, 0.3) is 0 Å². The van der Waals surface area contributed by atoms with E-state index in [1.54, 1.807) is 0 Å². The van der Waals surface area contributed by atoms with Crippen molar-refractivity contribution < 1.29 is 61.6 Å². The van der Waals surface area contributed by atoms with E-state index in [0.29, 0.717) is 172 Å². The van der Waals surface area contributed by atoms with Gasteiger partial charge in [-0.3, -0.25) is 0 Å². The van der Waals surface area contributed by atoms with E-state index in [1.165, 1.54) is 0 Å². The Kier molecular flexibility index (Phi) is 35.4. The Bertz CT molecular complexity index is 687. The zero-order valence-corrected chi connectivity index (χ0v) is 28.1. The van der Waals surface area contributed by atoms with E-state index in [1.807, 2.05) is 37.3 Å². The molecule has 0 atom stereocenters. The summed E-state index contributed by atoms with van der Waals surface area (Å²) in [5, 5.41) is 0. The van der Waals surface area contributed by atoms with Crippen molar-refractivity contribution in [3.63, 3.8) is 0 Å². The van der Waals surface area contributed by atoms with Gasteiger partial charge in [-0.05, 0) is 12.5 Å². The first-order valence-electron chi connectivity index (χ1n) is 16.5. The lowest BCUT2D eigenvalue weighted by atomic mass is 10.2. The van der Waals surface area contributed by atoms with Gasteiger partial charge in [0, 0.05) is 6.61 Å². The summed E-state index contributed by atoms with van der Waals surface area (Å²) in [4.78, 5) is 0. The first kappa shape index (κ1) is 42.7. The highest BCUT2D eigenvalue weighted by atomic mass is 16.6. The van der Waals surface area contributed by atoms with Crippen molar-refractivity contribution in [1.29, 1.82) is 0 Å². The van der Waals surface area contributed by atoms with E-state index in [0.717, 1.165) is 5.56 Å². The summed E-state index contributed by atoms with van der Waals surface area (Å²) >= 11 is 0. The molecular weight excluding hydrogens is 604 g/mol. The summed E-state index contributed by atoms with van der Waals surface area (Å²) in [6.45, 7) is 16.1. The predicted molar refractivity (Wildman–Crippen MR) is 172 cm³/mol. The molecule has 0 aromatic heterocycles. The summed E-state index contributed by atoms with van der Waals surface area (Å²) in [5.74, 6) is 0. The molecule has 0 heterocycles. The van der Waals surface area contributed by atoms with Gasteiger partial charge in [0.2, 0.25) is 0 Å². The fourth-order valence-corrected chi connectivity index (χ4v) is 3.45. The van der Waals surface area contributed by atoms with Crippen LogP contribution in [-0.2, 0) is 68.2 Å². The van der Waals surface area contributed by atoms with Gasteiger partial charge in [-0.15, -0.1) is 0 Å². The number of rotatable bonds is 39. The molecule has 1 aromatic rings. The Labute approximate surface area is 276 Å². The first-order chi connectivity index (χ1) is 22.9. The largest absolute Gasteiger partial charge is 0.379 e. The molecule has 0 N–H and O–H groups in total. The van der Waals surface area contributed by atoms with Gasteiger partial charge in [0.1, 0.15) is 0 Å². The predicted octanol–water partition coefficient (Wildman–Crippen LogP) is 2.42. The molecule has 46 heavy (non-hydrogen) atoms. The first-order valence-corrected chi connectivity index (χ1v) is 16.5. The lowest BCUT2D eigenvalue weighted by molar-refractivity contribution is -0.0291. The van der Waals surface area contributed by atoms with Crippen LogP contribution in [0.4, 0.5) is 0 Å². The van der Waals surface area contributed by atoms with Crippen LogP contribution in [0.5, 0.6) is 0 Å². The second-order valence-electron chi connectivity index (χ2n) is 9.47. The van der Waals surface area contributed by atoms with Gasteiger partial charge in [-0.1, -0.05) is 30.3 Å². The molecule has 0 amide bonds. The minimum Gasteiger partial charge on any atom is -0.379 e. The highest BCUT2D eigenvalue weighted by Gasteiger charge is 1.97. The molecule has 13 nitrogen and oxygen atoms in total. The third-order valence-corrected chi connectivity index (χ3v) is 5.78. The fraction of sp³-hybridized carbons (Fsp3) is 0.818. The van der Waals surface area contributed by atoms with Gasteiger partial charge in [0.05, 0.1) is 165 Å². The van der Waals surface area contributed by atoms with Crippen molar-refractivity contribution in [1.82, 2.24) is 0 Å². The van der Waals surface area contributed by atoms with Crippen LogP contribution in [0.25, 0.3) is 0 Å². The number of ether oxygens (including phenoxy) is 13. The second-order valence-corrected chi connectivity index (χ2v) is 9.47. The van der Waals surface area contributed by atoms with Crippen molar-refractivity contribution >= 4 is 0 Å². The molecule has 0 fully saturated rings. The van der Waals surface area contributed by atoms with Crippen molar-refractivity contribution in [3.05, 3.63) is 35.9 Å². The summed E-state index contributed by atoms with van der Waals surface area (Å²) in [7, 11) is 0. The Hall–Kier alpha value is -1.30. The van der Waals surface area contributed by atoms with Crippen molar-refractivity contribution in [2.24, 2.45) is 0 Å². The third kappa shape index (κ3) is 34.0. The molecule has 0 saturated heterocycles. The zero-order chi connectivity index (χ0) is 32.7. The number of benzene rings is 1. The second kappa shape index (κ2) is 38.2. The lowest BCUT2D eigenvalue weighted by Crippen LogP contribution is -2.15. The van der Waals surface area contributed by atoms with Crippen LogP contribution in [-0.4, -0.2) is 165 Å². The summed E-state index contributed by atoms with van der Waals surface area (Å²) in [5.41, 5.74) is 1.16. The molecule has 270 valence electrons. The molecule has 0 aliphatic rings. The topological polar surface area (TPSA) is 120 Å². The van der Waals surface area contributed by atoms with E-state index < -0.39 is 0 Å². The van der Waals surface area contributed by atoms with Crippen molar-refractivity contribution in [3.8, 4) is 0 Å². The van der Waals surface area contributed by atoms with E-state index in [2.05, 4.69) is 0 Å². The molecule has 0 saturated carbocycles. The van der Waals surface area contributed by atoms with Crippen LogP contribution in [0.1, 0.15) is 12.5 Å². The molecule has 0 unspecified atom stereocenters. The van der Waals surface area contributed by atoms with Crippen LogP contribution in [0.3, 0.4) is 0 Å². The molecule has 13 heteroatoms. The van der Waals surface area contributed by atoms with Crippen LogP contribution in [0.2, 0.25) is 0 Å². The van der Waals surface area contributed by atoms with Gasteiger partial charge in [0.15, 0.2) is 0 Å². The molecular formula is C33H60O13. The Morgan fingerprint density at radius 1 is 0.283 bits per heavy atom. The quantitative estimate of drug-likeness (QED) is 0.0960. The smallest absolute Gasteiger partial charge is 0.0718 e. The minimum atomic E-state index is 0.512. The highest BCUT2D eigenvalue weighted by molar-refractivity contribution is 5.13. The molecule has 0 bridgehead atoms. The van der Waals surface area contributed by atoms with Crippen molar-refractivity contribution in [2.75, 3.05) is 165 Å². The summed E-state index contributed by atoms with van der Waals surface area (Å²) < 4.78 is 70.8. The van der Waals surface area contributed by atoms with Crippen LogP contribution >= 0.6 is 0 Å². The average Bonchev–Trinajstić information content (AvgIpc) is 3.08. The highest BCUT2D eigenvalue weighted by Crippen LogP contribution is 2.00. The Morgan fingerprint density at radius 3 is 0.739 bits per heavy atom. The Morgan fingerprint density at radius 2 is 0.500 bits per heavy atom. The normalized spacial score (nSPS) is 11.5.